The molecule has 0 radical (unpaired) electrons. The van der Waals surface area contributed by atoms with E-state index >= 15 is 0 Å². The molecule has 0 aromatic heterocycles. The summed E-state index contributed by atoms with van der Waals surface area (Å²) in [6.45, 7) is 7.55. The Morgan fingerprint density at radius 2 is 2.04 bits per heavy atom. The lowest BCUT2D eigenvalue weighted by molar-refractivity contribution is -0.127. The van der Waals surface area contributed by atoms with Gasteiger partial charge in [0.25, 0.3) is 0 Å². The standard InChI is InChI=1S/C18H27ClN4O2.HI/c1-14(2)12-20-18(21-13-17(24)22(3)4)23(5)9-10-25-16-8-6-7-15(19)11-16;/h6-8,11H,1,9-10,12-13H2,2-5H3,(H,20,21);1H. The number of hydrogen-bond donors (Lipinski definition) is 1. The number of guanidine groups is 1. The Morgan fingerprint density at radius 1 is 1.35 bits per heavy atom. The Hall–Kier alpha value is -1.48. The van der Waals surface area contributed by atoms with Gasteiger partial charge in [-0.3, -0.25) is 4.79 Å². The van der Waals surface area contributed by atoms with Gasteiger partial charge in [-0.1, -0.05) is 29.8 Å². The van der Waals surface area contributed by atoms with Crippen molar-refractivity contribution in [1.82, 2.24) is 15.1 Å². The summed E-state index contributed by atoms with van der Waals surface area (Å²) in [5, 5.41) is 3.84. The molecule has 1 aromatic rings. The molecule has 0 heterocycles. The van der Waals surface area contributed by atoms with Crippen LogP contribution < -0.4 is 10.1 Å². The van der Waals surface area contributed by atoms with Crippen LogP contribution in [0.25, 0.3) is 0 Å². The first kappa shape index (κ1) is 24.5. The molecule has 0 fully saturated rings. The minimum Gasteiger partial charge on any atom is -0.492 e. The van der Waals surface area contributed by atoms with Gasteiger partial charge >= 0.3 is 0 Å². The fourth-order valence-electron chi connectivity index (χ4n) is 1.79. The maximum atomic E-state index is 11.8. The SMILES string of the molecule is C=C(C)CNC(=NCC(=O)N(C)C)N(C)CCOc1cccc(Cl)c1.I. The number of carbonyl (C=O) groups is 1. The largest absolute Gasteiger partial charge is 0.492 e. The van der Waals surface area contributed by atoms with Crippen molar-refractivity contribution in [2.75, 3.05) is 47.4 Å². The maximum absolute atomic E-state index is 11.8. The third kappa shape index (κ3) is 9.86. The first-order valence-corrected chi connectivity index (χ1v) is 8.39. The van der Waals surface area contributed by atoms with Crippen molar-refractivity contribution in [2.45, 2.75) is 6.92 Å². The fraction of sp³-hybridized carbons (Fsp3) is 0.444. The van der Waals surface area contributed by atoms with Crippen LogP contribution in [0.15, 0.2) is 41.4 Å². The Kier molecular flexibility index (Phi) is 12.1. The molecule has 0 bridgehead atoms. The molecule has 0 aliphatic heterocycles. The molecular formula is C18H28ClIN4O2. The van der Waals surface area contributed by atoms with E-state index in [0.717, 1.165) is 11.3 Å². The lowest BCUT2D eigenvalue weighted by atomic mass is 10.3. The molecule has 0 aliphatic rings. The first-order chi connectivity index (χ1) is 11.8. The van der Waals surface area contributed by atoms with E-state index in [0.29, 0.717) is 30.7 Å². The number of nitrogens with one attached hydrogen (secondary N) is 1. The van der Waals surface area contributed by atoms with Gasteiger partial charge in [-0.25, -0.2) is 4.99 Å². The van der Waals surface area contributed by atoms with Gasteiger partial charge in [-0.05, 0) is 25.1 Å². The van der Waals surface area contributed by atoms with Gasteiger partial charge in [-0.15, -0.1) is 24.0 Å². The van der Waals surface area contributed by atoms with Gasteiger partial charge < -0.3 is 19.9 Å². The van der Waals surface area contributed by atoms with Crippen LogP contribution in [-0.4, -0.2) is 69.1 Å². The second kappa shape index (κ2) is 12.8. The molecule has 1 amide bonds. The summed E-state index contributed by atoms with van der Waals surface area (Å²) in [7, 11) is 5.31. The van der Waals surface area contributed by atoms with Gasteiger partial charge in [0, 0.05) is 32.7 Å². The molecule has 1 N–H and O–H groups in total. The summed E-state index contributed by atoms with van der Waals surface area (Å²) < 4.78 is 5.70. The number of halogens is 2. The Labute approximate surface area is 178 Å². The minimum atomic E-state index is -0.0572. The molecule has 8 heteroatoms. The Balaban J connectivity index is 0.00000625. The second-order valence-electron chi connectivity index (χ2n) is 5.97. The summed E-state index contributed by atoms with van der Waals surface area (Å²) in [5.41, 5.74) is 0.982. The molecule has 0 saturated carbocycles. The second-order valence-corrected chi connectivity index (χ2v) is 6.40. The summed E-state index contributed by atoms with van der Waals surface area (Å²) in [5.74, 6) is 1.29. The lowest BCUT2D eigenvalue weighted by Gasteiger charge is -2.23. The molecule has 0 aliphatic carbocycles. The highest BCUT2D eigenvalue weighted by atomic mass is 127. The number of aliphatic imine (C=N–C) groups is 1. The van der Waals surface area contributed by atoms with Crippen LogP contribution in [0, 0.1) is 0 Å². The smallest absolute Gasteiger partial charge is 0.243 e. The number of ether oxygens (including phenoxy) is 1. The number of rotatable bonds is 8. The van der Waals surface area contributed by atoms with Crippen LogP contribution in [0.4, 0.5) is 0 Å². The predicted octanol–water partition coefficient (Wildman–Crippen LogP) is 2.88. The third-order valence-corrected chi connectivity index (χ3v) is 3.50. The highest BCUT2D eigenvalue weighted by molar-refractivity contribution is 14.0. The topological polar surface area (TPSA) is 57.2 Å². The number of hydrogen-bond acceptors (Lipinski definition) is 3. The predicted molar refractivity (Wildman–Crippen MR) is 119 cm³/mol. The maximum Gasteiger partial charge on any atom is 0.243 e. The van der Waals surface area contributed by atoms with Crippen molar-refractivity contribution in [2.24, 2.45) is 4.99 Å². The zero-order valence-electron chi connectivity index (χ0n) is 15.8. The van der Waals surface area contributed by atoms with E-state index in [1.807, 2.05) is 31.0 Å². The molecule has 1 rings (SSSR count). The minimum absolute atomic E-state index is 0. The van der Waals surface area contributed by atoms with Crippen molar-refractivity contribution in [3.05, 3.63) is 41.4 Å². The zero-order chi connectivity index (χ0) is 18.8. The van der Waals surface area contributed by atoms with Crippen LogP contribution >= 0.6 is 35.6 Å². The monoisotopic (exact) mass is 494 g/mol. The van der Waals surface area contributed by atoms with Crippen molar-refractivity contribution in [3.63, 3.8) is 0 Å². The van der Waals surface area contributed by atoms with E-state index < -0.39 is 0 Å². The van der Waals surface area contributed by atoms with E-state index in [1.165, 1.54) is 4.90 Å². The zero-order valence-corrected chi connectivity index (χ0v) is 18.9. The molecule has 146 valence electrons. The van der Waals surface area contributed by atoms with Crippen molar-refractivity contribution in [3.8, 4) is 5.75 Å². The molecule has 0 saturated heterocycles. The van der Waals surface area contributed by atoms with Crippen molar-refractivity contribution >= 4 is 47.4 Å². The quantitative estimate of drug-likeness (QED) is 0.261. The van der Waals surface area contributed by atoms with Gasteiger partial charge in [0.05, 0.1) is 6.54 Å². The average molecular weight is 495 g/mol. The normalized spacial score (nSPS) is 10.6. The molecule has 0 unspecified atom stereocenters. The molecule has 0 atom stereocenters. The molecule has 6 nitrogen and oxygen atoms in total. The van der Waals surface area contributed by atoms with Crippen LogP contribution in [-0.2, 0) is 4.79 Å². The molecule has 0 spiro atoms. The fourth-order valence-corrected chi connectivity index (χ4v) is 1.97. The summed E-state index contributed by atoms with van der Waals surface area (Å²) in [6.07, 6.45) is 0. The van der Waals surface area contributed by atoms with Crippen molar-refractivity contribution in [1.29, 1.82) is 0 Å². The lowest BCUT2D eigenvalue weighted by Crippen LogP contribution is -2.42. The van der Waals surface area contributed by atoms with Crippen LogP contribution in [0.2, 0.25) is 5.02 Å². The Bertz CT molecular complexity index is 623. The van der Waals surface area contributed by atoms with E-state index in [4.69, 9.17) is 16.3 Å². The van der Waals surface area contributed by atoms with Crippen LogP contribution in [0.1, 0.15) is 6.92 Å². The molecular weight excluding hydrogens is 467 g/mol. The van der Waals surface area contributed by atoms with Gasteiger partial charge in [-0.2, -0.15) is 0 Å². The highest BCUT2D eigenvalue weighted by Gasteiger charge is 2.09. The number of likely N-dealkylation sites (N-methyl/N-ethyl adjacent to an activating group) is 2. The Morgan fingerprint density at radius 3 is 2.62 bits per heavy atom. The summed E-state index contributed by atoms with van der Waals surface area (Å²) >= 11 is 5.94. The molecule has 1 aromatic carbocycles. The summed E-state index contributed by atoms with van der Waals surface area (Å²) in [4.78, 5) is 19.6. The highest BCUT2D eigenvalue weighted by Crippen LogP contribution is 2.16. The van der Waals surface area contributed by atoms with Crippen LogP contribution in [0.5, 0.6) is 5.75 Å². The number of carbonyl (C=O) groups excluding carboxylic acids is 1. The number of benzene rings is 1. The summed E-state index contributed by atoms with van der Waals surface area (Å²) in [6, 6.07) is 7.27. The van der Waals surface area contributed by atoms with E-state index in [-0.39, 0.29) is 36.4 Å². The molecule has 26 heavy (non-hydrogen) atoms. The van der Waals surface area contributed by atoms with Gasteiger partial charge in [0.15, 0.2) is 5.96 Å². The number of nitrogens with zero attached hydrogens (tertiary/aromatic N) is 3. The van der Waals surface area contributed by atoms with Gasteiger partial charge in [0.1, 0.15) is 18.9 Å². The third-order valence-electron chi connectivity index (χ3n) is 3.26. The number of amides is 1. The average Bonchev–Trinajstić information content (AvgIpc) is 2.54. The van der Waals surface area contributed by atoms with Crippen molar-refractivity contribution < 1.29 is 9.53 Å². The van der Waals surface area contributed by atoms with Gasteiger partial charge in [0.2, 0.25) is 5.91 Å². The van der Waals surface area contributed by atoms with E-state index in [2.05, 4.69) is 16.9 Å². The van der Waals surface area contributed by atoms with E-state index in [9.17, 15) is 4.79 Å². The first-order valence-electron chi connectivity index (χ1n) is 8.02. The van der Waals surface area contributed by atoms with Crippen LogP contribution in [0.3, 0.4) is 0 Å². The van der Waals surface area contributed by atoms with E-state index in [1.54, 1.807) is 26.2 Å².